The van der Waals surface area contributed by atoms with Gasteiger partial charge in [-0.3, -0.25) is 14.4 Å². The Morgan fingerprint density at radius 1 is 0.936 bits per heavy atom. The highest BCUT2D eigenvalue weighted by atomic mass is 32.1. The molecular weight excluding hydrogens is 659 g/mol. The van der Waals surface area contributed by atoms with Gasteiger partial charge in [-0.1, -0.05) is 6.07 Å². The number of carbonyl (C=O) groups is 3. The number of thiophene rings is 1. The van der Waals surface area contributed by atoms with E-state index in [0.29, 0.717) is 48.5 Å². The van der Waals surface area contributed by atoms with Crippen molar-refractivity contribution in [2.24, 2.45) is 5.92 Å². The van der Waals surface area contributed by atoms with Gasteiger partial charge in [0.25, 0.3) is 11.8 Å². The van der Waals surface area contributed by atoms with Crippen LogP contribution in [0.2, 0.25) is 0 Å². The molecule has 0 spiro atoms. The monoisotopic (exact) mass is 683 g/mol. The number of carbonyl (C=O) groups excluding carboxylic acids is 2. The Morgan fingerprint density at radius 3 is 2.34 bits per heavy atom. The Balaban J connectivity index is 1.53. The first kappa shape index (κ1) is 33.5. The molecule has 5 rings (SSSR count). The third kappa shape index (κ3) is 7.11. The van der Waals surface area contributed by atoms with Gasteiger partial charge >= 0.3 is 18.3 Å². The van der Waals surface area contributed by atoms with Crippen LogP contribution in [-0.4, -0.2) is 43.1 Å². The summed E-state index contributed by atoms with van der Waals surface area (Å²) in [6.45, 7) is 0.695. The van der Waals surface area contributed by atoms with E-state index in [1.54, 1.807) is 11.0 Å². The highest BCUT2D eigenvalue weighted by Crippen LogP contribution is 2.41. The Morgan fingerprint density at radius 2 is 1.68 bits per heavy atom. The highest BCUT2D eigenvalue weighted by Gasteiger charge is 2.35. The lowest BCUT2D eigenvalue weighted by atomic mass is 9.97. The number of fused-ring (bicyclic) bond motifs is 1. The molecular formula is C31H24F7N3O5S. The van der Waals surface area contributed by atoms with Gasteiger partial charge in [0.05, 0.1) is 35.4 Å². The molecule has 2 amide bonds. The molecule has 47 heavy (non-hydrogen) atoms. The largest absolute Gasteiger partial charge is 0.496 e. The zero-order chi connectivity index (χ0) is 34.3. The zero-order valence-electron chi connectivity index (χ0n) is 24.2. The summed E-state index contributed by atoms with van der Waals surface area (Å²) in [5.74, 6) is -5.00. The van der Waals surface area contributed by atoms with E-state index >= 15 is 0 Å². The number of amides is 2. The van der Waals surface area contributed by atoms with E-state index in [0.717, 1.165) is 24.3 Å². The molecule has 0 aliphatic carbocycles. The number of aliphatic carboxylic acids is 1. The number of rotatable bonds is 7. The molecule has 3 aromatic carbocycles. The normalized spacial score (nSPS) is 15.4. The van der Waals surface area contributed by atoms with Crippen LogP contribution in [0.15, 0.2) is 54.6 Å². The van der Waals surface area contributed by atoms with Crippen LogP contribution in [0.1, 0.15) is 44.0 Å². The molecule has 1 saturated heterocycles. The summed E-state index contributed by atoms with van der Waals surface area (Å²) in [5.41, 5.74) is -2.92. The Kier molecular flexibility index (Phi) is 9.08. The number of anilines is 3. The van der Waals surface area contributed by atoms with Gasteiger partial charge in [-0.2, -0.15) is 26.3 Å². The minimum Gasteiger partial charge on any atom is -0.496 e. The summed E-state index contributed by atoms with van der Waals surface area (Å²) < 4.78 is 99.4. The van der Waals surface area contributed by atoms with Crippen molar-refractivity contribution in [1.29, 1.82) is 0 Å². The molecule has 1 unspecified atom stereocenters. The number of alkyl halides is 6. The van der Waals surface area contributed by atoms with Crippen molar-refractivity contribution in [3.63, 3.8) is 0 Å². The number of nitrogens with one attached hydrogen (secondary N) is 2. The number of carboxylic acids is 1. The highest BCUT2D eigenvalue weighted by molar-refractivity contribution is 7.21. The van der Waals surface area contributed by atoms with Crippen molar-refractivity contribution < 1.29 is 55.0 Å². The smallest absolute Gasteiger partial charge is 0.419 e. The SMILES string of the molecule is COc1ccc(N2CCCC(C(=O)O)C2)cc1C(=O)Nc1c(C(=O)Nc2ccc(F)c(C(F)(F)F)c2)sc2cc(C(F)(F)F)ccc12. The van der Waals surface area contributed by atoms with Crippen LogP contribution in [0.4, 0.5) is 47.8 Å². The van der Waals surface area contributed by atoms with Gasteiger partial charge in [0.1, 0.15) is 16.4 Å². The Hall–Kier alpha value is -4.86. The van der Waals surface area contributed by atoms with E-state index in [-0.39, 0.29) is 38.5 Å². The Labute approximate surface area is 265 Å². The first-order chi connectivity index (χ1) is 22.1. The average molecular weight is 684 g/mol. The van der Waals surface area contributed by atoms with Crippen molar-refractivity contribution in [3.05, 3.63) is 82.0 Å². The van der Waals surface area contributed by atoms with Gasteiger partial charge in [0.2, 0.25) is 0 Å². The fourth-order valence-electron chi connectivity index (χ4n) is 5.23. The van der Waals surface area contributed by atoms with Crippen LogP contribution in [0.5, 0.6) is 5.75 Å². The van der Waals surface area contributed by atoms with E-state index in [4.69, 9.17) is 4.74 Å². The lowest BCUT2D eigenvalue weighted by Crippen LogP contribution is -2.38. The fraction of sp³-hybridized carbons (Fsp3) is 0.258. The number of hydrogen-bond donors (Lipinski definition) is 3. The predicted octanol–water partition coefficient (Wildman–Crippen LogP) is 7.89. The maximum Gasteiger partial charge on any atom is 0.419 e. The lowest BCUT2D eigenvalue weighted by molar-refractivity contribution is -0.142. The van der Waals surface area contributed by atoms with E-state index in [1.165, 1.54) is 19.2 Å². The number of halogens is 7. The Bertz CT molecular complexity index is 1870. The van der Waals surface area contributed by atoms with Crippen molar-refractivity contribution in [2.45, 2.75) is 25.2 Å². The summed E-state index contributed by atoms with van der Waals surface area (Å²) in [7, 11) is 1.29. The zero-order valence-corrected chi connectivity index (χ0v) is 25.0. The molecule has 1 fully saturated rings. The second-order valence-electron chi connectivity index (χ2n) is 10.6. The van der Waals surface area contributed by atoms with Crippen molar-refractivity contribution in [1.82, 2.24) is 0 Å². The summed E-state index contributed by atoms with van der Waals surface area (Å²) in [6, 6.07) is 8.88. The minimum absolute atomic E-state index is 0.0343. The van der Waals surface area contributed by atoms with Gasteiger partial charge in [-0.05, 0) is 61.4 Å². The van der Waals surface area contributed by atoms with Gasteiger partial charge in [0.15, 0.2) is 0 Å². The molecule has 248 valence electrons. The molecule has 8 nitrogen and oxygen atoms in total. The molecule has 4 aromatic rings. The maximum atomic E-state index is 13.8. The average Bonchev–Trinajstić information content (AvgIpc) is 3.38. The molecule has 1 aliphatic rings. The molecule has 0 radical (unpaired) electrons. The summed E-state index contributed by atoms with van der Waals surface area (Å²) >= 11 is 0.552. The minimum atomic E-state index is -5.08. The fourth-order valence-corrected chi connectivity index (χ4v) is 6.32. The molecule has 1 aliphatic heterocycles. The standard InChI is InChI=1S/C31H24F7N3O5S/c1-46-23-9-6-18(41-10-2-3-15(14-41)29(44)45)13-20(23)27(42)40-25-19-7-4-16(30(33,34)35)11-24(19)47-26(25)28(43)39-17-5-8-22(32)21(12-17)31(36,37)38/h4-9,11-13,15H,2-3,10,14H2,1H3,(H,39,43)(H,40,42)(H,44,45). The number of carboxylic acid groups (broad SMARTS) is 1. The molecule has 0 bridgehead atoms. The molecule has 3 N–H and O–H groups in total. The second-order valence-corrected chi connectivity index (χ2v) is 11.7. The molecule has 2 heterocycles. The summed E-state index contributed by atoms with van der Waals surface area (Å²) in [6.07, 6.45) is -8.75. The molecule has 1 atom stereocenters. The summed E-state index contributed by atoms with van der Waals surface area (Å²) in [5, 5.41) is 14.3. The van der Waals surface area contributed by atoms with Crippen molar-refractivity contribution in [2.75, 3.05) is 35.7 Å². The van der Waals surface area contributed by atoms with Gasteiger partial charge in [-0.15, -0.1) is 11.3 Å². The van der Waals surface area contributed by atoms with E-state index in [2.05, 4.69) is 10.6 Å². The van der Waals surface area contributed by atoms with E-state index in [9.17, 15) is 50.2 Å². The van der Waals surface area contributed by atoms with E-state index < -0.39 is 58.7 Å². The van der Waals surface area contributed by atoms with Crippen LogP contribution in [0, 0.1) is 11.7 Å². The first-order valence-electron chi connectivity index (χ1n) is 13.9. The van der Waals surface area contributed by atoms with Crippen LogP contribution >= 0.6 is 11.3 Å². The van der Waals surface area contributed by atoms with Crippen molar-refractivity contribution in [3.8, 4) is 5.75 Å². The molecule has 0 saturated carbocycles. The first-order valence-corrected chi connectivity index (χ1v) is 14.7. The van der Waals surface area contributed by atoms with E-state index in [1.807, 2.05) is 0 Å². The quantitative estimate of drug-likeness (QED) is 0.171. The topological polar surface area (TPSA) is 108 Å². The van der Waals surface area contributed by atoms with Crippen LogP contribution in [0.25, 0.3) is 10.1 Å². The van der Waals surface area contributed by atoms with Gasteiger partial charge in [0, 0.05) is 34.6 Å². The molecule has 1 aromatic heterocycles. The van der Waals surface area contributed by atoms with Crippen LogP contribution < -0.4 is 20.3 Å². The number of hydrogen-bond acceptors (Lipinski definition) is 6. The third-order valence-corrected chi connectivity index (χ3v) is 8.71. The maximum absolute atomic E-state index is 13.8. The van der Waals surface area contributed by atoms with Gasteiger partial charge in [-0.25, -0.2) is 4.39 Å². The lowest BCUT2D eigenvalue weighted by Gasteiger charge is -2.32. The van der Waals surface area contributed by atoms with Gasteiger partial charge < -0.3 is 25.4 Å². The van der Waals surface area contributed by atoms with Crippen molar-refractivity contribution >= 4 is 56.3 Å². The second kappa shape index (κ2) is 12.7. The van der Waals surface area contributed by atoms with Crippen LogP contribution in [-0.2, 0) is 17.1 Å². The predicted molar refractivity (Wildman–Crippen MR) is 160 cm³/mol. The number of nitrogens with zero attached hydrogens (tertiary/aromatic N) is 1. The number of piperidine rings is 1. The number of methoxy groups -OCH3 is 1. The molecule has 16 heteroatoms. The van der Waals surface area contributed by atoms with Crippen LogP contribution in [0.3, 0.4) is 0 Å². The third-order valence-electron chi connectivity index (χ3n) is 7.56. The number of ether oxygens (including phenoxy) is 1. The number of benzene rings is 3. The summed E-state index contributed by atoms with van der Waals surface area (Å²) in [4.78, 5) is 40.1.